The van der Waals surface area contributed by atoms with Crippen LogP contribution in [0.5, 0.6) is 0 Å². The van der Waals surface area contributed by atoms with Gasteiger partial charge in [-0.1, -0.05) is 6.92 Å². The molecular formula is C4H8O4S2. The molecule has 0 aromatic rings. The third-order valence-electron chi connectivity index (χ3n) is 0.954. The van der Waals surface area contributed by atoms with Gasteiger partial charge >= 0.3 is 5.97 Å². The van der Waals surface area contributed by atoms with E-state index in [0.717, 1.165) is 0 Å². The van der Waals surface area contributed by atoms with Gasteiger partial charge in [0.2, 0.25) is 4.58 Å². The second kappa shape index (κ2) is 3.25. The highest BCUT2D eigenvalue weighted by molar-refractivity contribution is 8.06. The summed E-state index contributed by atoms with van der Waals surface area (Å²) >= 11 is 3.40. The molecule has 0 aromatic heterocycles. The number of hydrogen-bond acceptors (Lipinski definition) is 4. The SMILES string of the molecule is CCS(=O)(=O)C(S)C(=O)O. The van der Waals surface area contributed by atoms with Crippen molar-refractivity contribution >= 4 is 28.4 Å². The van der Waals surface area contributed by atoms with E-state index in [1.165, 1.54) is 6.92 Å². The number of rotatable bonds is 3. The lowest BCUT2D eigenvalue weighted by Crippen LogP contribution is -2.25. The van der Waals surface area contributed by atoms with Crippen molar-refractivity contribution in [2.45, 2.75) is 11.5 Å². The molecule has 10 heavy (non-hydrogen) atoms. The molecule has 0 spiro atoms. The molecule has 1 N–H and O–H groups in total. The third kappa shape index (κ3) is 2.18. The quantitative estimate of drug-likeness (QED) is 0.594. The fourth-order valence-electron chi connectivity index (χ4n) is 0.311. The Morgan fingerprint density at radius 1 is 1.70 bits per heavy atom. The summed E-state index contributed by atoms with van der Waals surface area (Å²) in [4.78, 5) is 10.0. The van der Waals surface area contributed by atoms with E-state index in [9.17, 15) is 13.2 Å². The van der Waals surface area contributed by atoms with Crippen LogP contribution in [0.4, 0.5) is 0 Å². The van der Waals surface area contributed by atoms with Gasteiger partial charge in [0.25, 0.3) is 0 Å². The van der Waals surface area contributed by atoms with Crippen LogP contribution in [0.2, 0.25) is 0 Å². The summed E-state index contributed by atoms with van der Waals surface area (Å²) in [6.07, 6.45) is 0. The van der Waals surface area contributed by atoms with Gasteiger partial charge in [-0.3, -0.25) is 0 Å². The lowest BCUT2D eigenvalue weighted by Gasteiger charge is -2.02. The molecule has 1 atom stereocenters. The molecule has 0 amide bonds. The maximum absolute atomic E-state index is 10.7. The first-order valence-corrected chi connectivity index (χ1v) is 4.77. The molecule has 60 valence electrons. The minimum Gasteiger partial charge on any atom is -0.480 e. The molecule has 0 aliphatic carbocycles. The summed E-state index contributed by atoms with van der Waals surface area (Å²) in [5, 5.41) is 8.19. The molecule has 0 bridgehead atoms. The van der Waals surface area contributed by atoms with Gasteiger partial charge in [0.05, 0.1) is 0 Å². The molecule has 4 nitrogen and oxygen atoms in total. The molecule has 0 saturated carbocycles. The summed E-state index contributed by atoms with van der Waals surface area (Å²) in [6, 6.07) is 0. The van der Waals surface area contributed by atoms with Crippen molar-refractivity contribution in [3.05, 3.63) is 0 Å². The van der Waals surface area contributed by atoms with Crippen LogP contribution in [-0.2, 0) is 14.6 Å². The van der Waals surface area contributed by atoms with E-state index < -0.39 is 20.4 Å². The molecule has 0 aromatic carbocycles. The summed E-state index contributed by atoms with van der Waals surface area (Å²) in [6.45, 7) is 1.38. The van der Waals surface area contributed by atoms with Crippen LogP contribution >= 0.6 is 12.6 Å². The molecule has 0 radical (unpaired) electrons. The van der Waals surface area contributed by atoms with Crippen LogP contribution in [0.3, 0.4) is 0 Å². The smallest absolute Gasteiger partial charge is 0.331 e. The molecule has 0 aliphatic heterocycles. The summed E-state index contributed by atoms with van der Waals surface area (Å²) in [7, 11) is -3.53. The van der Waals surface area contributed by atoms with E-state index in [0.29, 0.717) is 0 Å². The highest BCUT2D eigenvalue weighted by Gasteiger charge is 2.26. The molecule has 0 heterocycles. The Morgan fingerprint density at radius 3 is 2.20 bits per heavy atom. The van der Waals surface area contributed by atoms with Crippen molar-refractivity contribution in [2.75, 3.05) is 5.75 Å². The highest BCUT2D eigenvalue weighted by atomic mass is 32.2. The normalized spacial score (nSPS) is 14.6. The van der Waals surface area contributed by atoms with Gasteiger partial charge in [0.1, 0.15) is 0 Å². The zero-order valence-electron chi connectivity index (χ0n) is 5.31. The molecule has 0 rings (SSSR count). The number of carboxylic acid groups (broad SMARTS) is 1. The molecule has 0 fully saturated rings. The summed E-state index contributed by atoms with van der Waals surface area (Å²) in [5.41, 5.74) is 0. The first kappa shape index (κ1) is 9.77. The number of carbonyl (C=O) groups is 1. The fraction of sp³-hybridized carbons (Fsp3) is 0.750. The van der Waals surface area contributed by atoms with E-state index in [4.69, 9.17) is 5.11 Å². The van der Waals surface area contributed by atoms with E-state index in [-0.39, 0.29) is 5.75 Å². The molecule has 0 saturated heterocycles. The predicted octanol–water partition coefficient (Wildman–Crippen LogP) is -0.238. The summed E-state index contributed by atoms with van der Waals surface area (Å²) < 4.78 is 19.8. The maximum atomic E-state index is 10.7. The van der Waals surface area contributed by atoms with Crippen LogP contribution in [-0.4, -0.2) is 29.8 Å². The highest BCUT2D eigenvalue weighted by Crippen LogP contribution is 2.06. The lowest BCUT2D eigenvalue weighted by atomic mass is 10.8. The zero-order valence-corrected chi connectivity index (χ0v) is 7.02. The van der Waals surface area contributed by atoms with Crippen molar-refractivity contribution in [2.24, 2.45) is 0 Å². The summed E-state index contributed by atoms with van der Waals surface area (Å²) in [5.74, 6) is -1.63. The van der Waals surface area contributed by atoms with Crippen LogP contribution in [0.25, 0.3) is 0 Å². The van der Waals surface area contributed by atoms with Crippen molar-refractivity contribution < 1.29 is 18.3 Å². The standard InChI is InChI=1S/C4H8O4S2/c1-2-10(7,8)4(9)3(5)6/h4,9H,2H2,1H3,(H,5,6). The van der Waals surface area contributed by atoms with Crippen LogP contribution in [0.1, 0.15) is 6.92 Å². The number of carboxylic acids is 1. The van der Waals surface area contributed by atoms with Crippen molar-refractivity contribution in [1.82, 2.24) is 0 Å². The third-order valence-corrected chi connectivity index (χ3v) is 3.82. The lowest BCUT2D eigenvalue weighted by molar-refractivity contribution is -0.134. The largest absolute Gasteiger partial charge is 0.480 e. The monoisotopic (exact) mass is 184 g/mol. The van der Waals surface area contributed by atoms with Crippen molar-refractivity contribution in [3.63, 3.8) is 0 Å². The van der Waals surface area contributed by atoms with Crippen LogP contribution < -0.4 is 0 Å². The molecule has 6 heteroatoms. The van der Waals surface area contributed by atoms with Crippen LogP contribution in [0, 0.1) is 0 Å². The van der Waals surface area contributed by atoms with E-state index in [2.05, 4.69) is 12.6 Å². The Morgan fingerprint density at radius 2 is 2.10 bits per heavy atom. The van der Waals surface area contributed by atoms with Gasteiger partial charge in [0.15, 0.2) is 9.84 Å². The van der Waals surface area contributed by atoms with E-state index in [1.54, 1.807) is 0 Å². The van der Waals surface area contributed by atoms with Gasteiger partial charge in [-0.05, 0) is 0 Å². The number of sulfone groups is 1. The average molecular weight is 184 g/mol. The Labute approximate surface area is 64.6 Å². The second-order valence-corrected chi connectivity index (χ2v) is 4.88. The number of aliphatic carboxylic acids is 1. The van der Waals surface area contributed by atoms with Crippen molar-refractivity contribution in [1.29, 1.82) is 0 Å². The van der Waals surface area contributed by atoms with Gasteiger partial charge in [-0.15, -0.1) is 12.6 Å². The van der Waals surface area contributed by atoms with Gasteiger partial charge in [0, 0.05) is 5.75 Å². The van der Waals surface area contributed by atoms with Crippen LogP contribution in [0.15, 0.2) is 0 Å². The second-order valence-electron chi connectivity index (χ2n) is 1.64. The number of hydrogen-bond donors (Lipinski definition) is 2. The minimum atomic E-state index is -3.53. The Balaban J connectivity index is 4.51. The first-order chi connectivity index (χ1) is 4.41. The van der Waals surface area contributed by atoms with Gasteiger partial charge < -0.3 is 5.11 Å². The van der Waals surface area contributed by atoms with Crippen molar-refractivity contribution in [3.8, 4) is 0 Å². The minimum absolute atomic E-state index is 0.201. The Bertz CT molecular complexity index is 217. The molecule has 1 unspecified atom stereocenters. The topological polar surface area (TPSA) is 71.4 Å². The van der Waals surface area contributed by atoms with Gasteiger partial charge in [-0.2, -0.15) is 0 Å². The maximum Gasteiger partial charge on any atom is 0.331 e. The fourth-order valence-corrected chi connectivity index (χ4v) is 1.38. The van der Waals surface area contributed by atoms with E-state index in [1.807, 2.05) is 0 Å². The average Bonchev–Trinajstić information content (AvgIpc) is 1.86. The number of thiol groups is 1. The van der Waals surface area contributed by atoms with Gasteiger partial charge in [-0.25, -0.2) is 13.2 Å². The van der Waals surface area contributed by atoms with E-state index >= 15 is 0 Å². The predicted molar refractivity (Wildman–Crippen MR) is 39.9 cm³/mol. The first-order valence-electron chi connectivity index (χ1n) is 2.54. The Kier molecular flexibility index (Phi) is 3.17. The zero-order chi connectivity index (χ0) is 8.36. The molecule has 0 aliphatic rings. The molecular weight excluding hydrogens is 176 g/mol. The Hall–Kier alpha value is -0.230.